The lowest BCUT2D eigenvalue weighted by atomic mass is 10.0. The van der Waals surface area contributed by atoms with Crippen LogP contribution in [0.5, 0.6) is 0 Å². The molecular weight excluding hydrogens is 717 g/mol. The van der Waals surface area contributed by atoms with E-state index in [0.29, 0.717) is 84.6 Å². The van der Waals surface area contributed by atoms with Crippen LogP contribution in [0.3, 0.4) is 0 Å². The van der Waals surface area contributed by atoms with Gasteiger partial charge in [0.25, 0.3) is 0 Å². The molecule has 57 heavy (non-hydrogen) atoms. The Kier molecular flexibility index (Phi) is 24.7. The molecule has 4 heterocycles. The molecule has 0 saturated carbocycles. The molecule has 4 aliphatic rings. The molecule has 4 saturated heterocycles. The molecule has 0 aromatic heterocycles. The highest BCUT2D eigenvalue weighted by atomic mass is 16.2. The van der Waals surface area contributed by atoms with E-state index in [1.807, 2.05) is 26.6 Å². The van der Waals surface area contributed by atoms with E-state index < -0.39 is 0 Å². The van der Waals surface area contributed by atoms with Crippen LogP contribution in [-0.4, -0.2) is 196 Å². The molecule has 5 atom stereocenters. The van der Waals surface area contributed by atoms with Crippen molar-refractivity contribution < 1.29 is 19.2 Å². The number of carbonyl (C=O) groups is 4. The largest absolute Gasteiger partial charge is 0.345 e. The number of likely N-dealkylation sites (tertiary alicyclic amines) is 3. The van der Waals surface area contributed by atoms with Gasteiger partial charge in [0.1, 0.15) is 0 Å². The van der Waals surface area contributed by atoms with Gasteiger partial charge in [-0.15, -0.1) is 0 Å². The topological polar surface area (TPSA) is 94.2 Å². The molecular formula is C45H90N8O4. The van der Waals surface area contributed by atoms with Crippen LogP contribution in [-0.2, 0) is 19.2 Å². The van der Waals surface area contributed by atoms with Gasteiger partial charge in [0.15, 0.2) is 0 Å². The molecule has 12 nitrogen and oxygen atoms in total. The fourth-order valence-electron chi connectivity index (χ4n) is 8.28. The second kappa shape index (κ2) is 26.7. The monoisotopic (exact) mass is 807 g/mol. The summed E-state index contributed by atoms with van der Waals surface area (Å²) < 4.78 is 0. The Bertz CT molecular complexity index is 1180. The van der Waals surface area contributed by atoms with Crippen LogP contribution in [0.15, 0.2) is 0 Å². The van der Waals surface area contributed by atoms with E-state index in [1.165, 1.54) is 19.4 Å². The summed E-state index contributed by atoms with van der Waals surface area (Å²) in [6.45, 7) is 29.7. The highest BCUT2D eigenvalue weighted by Gasteiger charge is 2.31. The average molecular weight is 807 g/mol. The van der Waals surface area contributed by atoms with Gasteiger partial charge in [0.05, 0.1) is 0 Å². The predicted octanol–water partition coefficient (Wildman–Crippen LogP) is 4.89. The van der Waals surface area contributed by atoms with Crippen molar-refractivity contribution in [2.24, 2.45) is 35.5 Å². The van der Waals surface area contributed by atoms with Crippen molar-refractivity contribution in [2.75, 3.05) is 121 Å². The minimum absolute atomic E-state index is 0.219. The summed E-state index contributed by atoms with van der Waals surface area (Å²) >= 11 is 0. The number of likely N-dealkylation sites (N-methyl/N-ethyl adjacent to an activating group) is 1. The van der Waals surface area contributed by atoms with E-state index in [0.717, 1.165) is 71.9 Å². The van der Waals surface area contributed by atoms with Crippen molar-refractivity contribution in [3.8, 4) is 0 Å². The van der Waals surface area contributed by atoms with Gasteiger partial charge in [0, 0.05) is 111 Å². The van der Waals surface area contributed by atoms with Crippen molar-refractivity contribution in [3.63, 3.8) is 0 Å². The SMILES string of the molecule is CC(=O)N1CCC(CN(C)C)C1.CC(C)CC(=O)N(C)CC1CCN(C)C1.CC(C)CC(=O)N1CCC(CN(C)C)C1.CC(C)CC(=O)N1CCN(C)C(C)C1C. The molecule has 4 fully saturated rings. The molecule has 4 amide bonds. The highest BCUT2D eigenvalue weighted by molar-refractivity contribution is 5.77. The molecule has 4 aliphatic heterocycles. The summed E-state index contributed by atoms with van der Waals surface area (Å²) in [6, 6.07) is 0.810. The van der Waals surface area contributed by atoms with E-state index in [2.05, 4.69) is 117 Å². The maximum Gasteiger partial charge on any atom is 0.223 e. The zero-order valence-corrected chi connectivity index (χ0v) is 39.9. The van der Waals surface area contributed by atoms with Crippen LogP contribution >= 0.6 is 0 Å². The molecule has 12 heteroatoms. The molecule has 5 unspecified atom stereocenters. The molecule has 0 aliphatic carbocycles. The summed E-state index contributed by atoms with van der Waals surface area (Å²) in [6.07, 6.45) is 5.63. The third-order valence-corrected chi connectivity index (χ3v) is 11.7. The molecule has 0 aromatic carbocycles. The summed E-state index contributed by atoms with van der Waals surface area (Å²) in [4.78, 5) is 63.5. The molecule has 0 N–H and O–H groups in total. The lowest BCUT2D eigenvalue weighted by Crippen LogP contribution is -2.57. The van der Waals surface area contributed by atoms with Gasteiger partial charge in [-0.05, 0) is 117 Å². The summed E-state index contributed by atoms with van der Waals surface area (Å²) in [5.41, 5.74) is 0. The lowest BCUT2D eigenvalue weighted by molar-refractivity contribution is -0.138. The van der Waals surface area contributed by atoms with Gasteiger partial charge >= 0.3 is 0 Å². The fraction of sp³-hybridized carbons (Fsp3) is 0.911. The summed E-state index contributed by atoms with van der Waals surface area (Å²) in [7, 11) is 14.6. The van der Waals surface area contributed by atoms with Gasteiger partial charge in [-0.1, -0.05) is 41.5 Å². The Morgan fingerprint density at radius 2 is 1.02 bits per heavy atom. The van der Waals surface area contributed by atoms with E-state index in [1.54, 1.807) is 6.92 Å². The van der Waals surface area contributed by atoms with E-state index in [-0.39, 0.29) is 5.91 Å². The smallest absolute Gasteiger partial charge is 0.223 e. The zero-order chi connectivity index (χ0) is 43.6. The van der Waals surface area contributed by atoms with Crippen molar-refractivity contribution in [1.29, 1.82) is 0 Å². The van der Waals surface area contributed by atoms with Crippen molar-refractivity contribution in [1.82, 2.24) is 39.2 Å². The fourth-order valence-corrected chi connectivity index (χ4v) is 8.28. The third-order valence-electron chi connectivity index (χ3n) is 11.7. The standard InChI is InChI=1S/3C12H24N2O.C9H18N2O/c1-9(2)8-12(15)14-7-6-13(5)10(3)11(14)4;1-10(2)7-12(15)14(4)9-11-5-6-13(3)8-11;1-10(2)7-12(15)14-6-5-11(9-14)8-13(3)4;1-8(12)11-5-4-9(7-11)6-10(2)3/h9-11H,6-8H2,1-5H3;2*10-11H,5-9H2,1-4H3;9H,4-7H2,1-3H3. The number of hydrogen-bond acceptors (Lipinski definition) is 8. The number of nitrogens with zero attached hydrogens (tertiary/aromatic N) is 8. The molecule has 0 radical (unpaired) electrons. The van der Waals surface area contributed by atoms with Gasteiger partial charge in [0.2, 0.25) is 23.6 Å². The Balaban J connectivity index is 0.000000381. The maximum atomic E-state index is 12.0. The van der Waals surface area contributed by atoms with Gasteiger partial charge < -0.3 is 34.3 Å². The number of carbonyl (C=O) groups excluding carboxylic acids is 4. The number of hydrogen-bond donors (Lipinski definition) is 0. The van der Waals surface area contributed by atoms with Gasteiger partial charge in [-0.25, -0.2) is 0 Å². The number of rotatable bonds is 12. The van der Waals surface area contributed by atoms with E-state index in [9.17, 15) is 19.2 Å². The highest BCUT2D eigenvalue weighted by Crippen LogP contribution is 2.20. The second-order valence-electron chi connectivity index (χ2n) is 19.7. The van der Waals surface area contributed by atoms with Gasteiger partial charge in [-0.3, -0.25) is 24.1 Å². The second-order valence-corrected chi connectivity index (χ2v) is 19.7. The van der Waals surface area contributed by atoms with E-state index >= 15 is 0 Å². The zero-order valence-electron chi connectivity index (χ0n) is 39.9. The molecule has 0 bridgehead atoms. The molecule has 0 aromatic rings. The van der Waals surface area contributed by atoms with Crippen LogP contribution in [0.4, 0.5) is 0 Å². The number of piperazine rings is 1. The first-order valence-corrected chi connectivity index (χ1v) is 22.2. The number of amides is 4. The molecule has 334 valence electrons. The van der Waals surface area contributed by atoms with Crippen LogP contribution in [0, 0.1) is 35.5 Å². The Morgan fingerprint density at radius 3 is 1.46 bits per heavy atom. The Labute approximate surface area is 351 Å². The van der Waals surface area contributed by atoms with Crippen LogP contribution in [0.25, 0.3) is 0 Å². The quantitative estimate of drug-likeness (QED) is 0.276. The van der Waals surface area contributed by atoms with Crippen molar-refractivity contribution in [2.45, 2.75) is 113 Å². The minimum atomic E-state index is 0.219. The summed E-state index contributed by atoms with van der Waals surface area (Å²) in [5.74, 6) is 4.60. The van der Waals surface area contributed by atoms with Crippen LogP contribution < -0.4 is 0 Å². The minimum Gasteiger partial charge on any atom is -0.345 e. The maximum absolute atomic E-state index is 12.0. The molecule has 0 spiro atoms. The first-order chi connectivity index (χ1) is 26.5. The first kappa shape index (κ1) is 52.7. The normalized spacial score (nSPS) is 24.1. The Hall–Kier alpha value is -2.28. The predicted molar refractivity (Wildman–Crippen MR) is 237 cm³/mol. The van der Waals surface area contributed by atoms with Crippen LogP contribution in [0.1, 0.15) is 101 Å². The first-order valence-electron chi connectivity index (χ1n) is 22.2. The lowest BCUT2D eigenvalue weighted by Gasteiger charge is -2.43. The van der Waals surface area contributed by atoms with Gasteiger partial charge in [-0.2, -0.15) is 0 Å². The van der Waals surface area contributed by atoms with Crippen molar-refractivity contribution >= 4 is 23.6 Å². The average Bonchev–Trinajstić information content (AvgIpc) is 3.85. The Morgan fingerprint density at radius 1 is 0.561 bits per heavy atom. The van der Waals surface area contributed by atoms with E-state index in [4.69, 9.17) is 0 Å². The van der Waals surface area contributed by atoms with Crippen molar-refractivity contribution in [3.05, 3.63) is 0 Å². The van der Waals surface area contributed by atoms with Crippen LogP contribution in [0.2, 0.25) is 0 Å². The summed E-state index contributed by atoms with van der Waals surface area (Å²) in [5, 5.41) is 0. The third kappa shape index (κ3) is 21.5. The molecule has 4 rings (SSSR count).